The maximum atomic E-state index is 4.88. The molecule has 0 saturated heterocycles. The highest BCUT2D eigenvalue weighted by molar-refractivity contribution is 6.01. The standard InChI is InChI=1S/C36H26N2/c1-24(30-12-5-6-14-32(30)33-15-9-11-25-10-3-4-13-31(25)33)26-18-19-28-23-29(21-20-27(28)22-26)36-37-34-16-7-8-17-35(34)38(36)2/h3-23H,1H2,2H3. The fourth-order valence-corrected chi connectivity index (χ4v) is 5.57. The van der Waals surface area contributed by atoms with Crippen LogP contribution in [-0.4, -0.2) is 9.55 Å². The average molecular weight is 487 g/mol. The first-order chi connectivity index (χ1) is 18.7. The summed E-state index contributed by atoms with van der Waals surface area (Å²) in [6, 6.07) is 45.1. The molecule has 7 rings (SSSR count). The second-order valence-corrected chi connectivity index (χ2v) is 9.81. The molecule has 38 heavy (non-hydrogen) atoms. The van der Waals surface area contributed by atoms with Crippen molar-refractivity contribution in [3.05, 3.63) is 145 Å². The van der Waals surface area contributed by atoms with Crippen LogP contribution in [0.1, 0.15) is 11.1 Å². The van der Waals surface area contributed by atoms with Gasteiger partial charge in [0.1, 0.15) is 5.82 Å². The van der Waals surface area contributed by atoms with Crippen LogP contribution in [0.25, 0.3) is 60.7 Å². The first kappa shape index (κ1) is 22.3. The zero-order chi connectivity index (χ0) is 25.6. The Morgan fingerprint density at radius 1 is 0.632 bits per heavy atom. The third-order valence-corrected chi connectivity index (χ3v) is 7.57. The molecule has 6 aromatic carbocycles. The molecule has 0 fully saturated rings. The van der Waals surface area contributed by atoms with Crippen LogP contribution in [-0.2, 0) is 7.05 Å². The summed E-state index contributed by atoms with van der Waals surface area (Å²) in [5, 5.41) is 4.87. The van der Waals surface area contributed by atoms with Crippen molar-refractivity contribution >= 4 is 38.2 Å². The van der Waals surface area contributed by atoms with Crippen LogP contribution in [0.5, 0.6) is 0 Å². The topological polar surface area (TPSA) is 17.8 Å². The van der Waals surface area contributed by atoms with Gasteiger partial charge in [-0.2, -0.15) is 0 Å². The predicted octanol–water partition coefficient (Wildman–Crippen LogP) is 9.28. The third kappa shape index (κ3) is 3.62. The minimum atomic E-state index is 0.977. The van der Waals surface area contributed by atoms with Gasteiger partial charge >= 0.3 is 0 Å². The Morgan fingerprint density at radius 2 is 1.34 bits per heavy atom. The zero-order valence-electron chi connectivity index (χ0n) is 21.2. The molecule has 2 heteroatoms. The van der Waals surface area contributed by atoms with Crippen LogP contribution in [0.15, 0.2) is 134 Å². The quantitative estimate of drug-likeness (QED) is 0.242. The number of imidazole rings is 1. The van der Waals surface area contributed by atoms with Gasteiger partial charge in [0.05, 0.1) is 11.0 Å². The molecular formula is C36H26N2. The Hall–Kier alpha value is -4.95. The van der Waals surface area contributed by atoms with E-state index in [9.17, 15) is 0 Å². The summed E-state index contributed by atoms with van der Waals surface area (Å²) in [6.07, 6.45) is 0. The van der Waals surface area contributed by atoms with Gasteiger partial charge in [0, 0.05) is 12.6 Å². The van der Waals surface area contributed by atoms with E-state index in [0.717, 1.165) is 39.1 Å². The highest BCUT2D eigenvalue weighted by Gasteiger charge is 2.14. The van der Waals surface area contributed by atoms with Crippen molar-refractivity contribution in [3.63, 3.8) is 0 Å². The Bertz CT molecular complexity index is 2000. The number of rotatable bonds is 4. The van der Waals surface area contributed by atoms with E-state index in [1.165, 1.54) is 32.7 Å². The van der Waals surface area contributed by atoms with Crippen LogP contribution in [0.4, 0.5) is 0 Å². The molecule has 0 amide bonds. The molecule has 0 radical (unpaired) electrons. The van der Waals surface area contributed by atoms with Gasteiger partial charge in [0.25, 0.3) is 0 Å². The SMILES string of the molecule is C=C(c1ccc2cc(-c3nc4ccccc4n3C)ccc2c1)c1ccccc1-c1cccc2ccccc12. The Kier molecular flexibility index (Phi) is 5.19. The highest BCUT2D eigenvalue weighted by atomic mass is 15.1. The molecular weight excluding hydrogens is 460 g/mol. The smallest absolute Gasteiger partial charge is 0.140 e. The van der Waals surface area contributed by atoms with E-state index in [0.29, 0.717) is 0 Å². The lowest BCUT2D eigenvalue weighted by Gasteiger charge is -2.15. The maximum Gasteiger partial charge on any atom is 0.140 e. The molecule has 0 aliphatic rings. The minimum Gasteiger partial charge on any atom is -0.327 e. The van der Waals surface area contributed by atoms with Crippen LogP contribution in [0, 0.1) is 0 Å². The summed E-state index contributed by atoms with van der Waals surface area (Å²) in [6.45, 7) is 4.56. The van der Waals surface area contributed by atoms with Crippen molar-refractivity contribution in [3.8, 4) is 22.5 Å². The molecule has 7 aromatic rings. The van der Waals surface area contributed by atoms with Crippen LogP contribution >= 0.6 is 0 Å². The largest absolute Gasteiger partial charge is 0.327 e. The second kappa shape index (κ2) is 8.86. The van der Waals surface area contributed by atoms with E-state index in [4.69, 9.17) is 4.98 Å². The summed E-state index contributed by atoms with van der Waals surface area (Å²) < 4.78 is 2.16. The molecule has 0 saturated carbocycles. The number of nitrogens with zero attached hydrogens (tertiary/aromatic N) is 2. The van der Waals surface area contributed by atoms with Crippen molar-refractivity contribution in [2.75, 3.05) is 0 Å². The number of hydrogen-bond acceptors (Lipinski definition) is 1. The molecule has 1 heterocycles. The van der Waals surface area contributed by atoms with Gasteiger partial charge in [-0.05, 0) is 73.6 Å². The van der Waals surface area contributed by atoms with E-state index in [-0.39, 0.29) is 0 Å². The summed E-state index contributed by atoms with van der Waals surface area (Å²) in [7, 11) is 2.08. The molecule has 1 aromatic heterocycles. The number of fused-ring (bicyclic) bond motifs is 3. The van der Waals surface area contributed by atoms with Crippen molar-refractivity contribution in [2.45, 2.75) is 0 Å². The first-order valence-electron chi connectivity index (χ1n) is 12.9. The van der Waals surface area contributed by atoms with Crippen molar-refractivity contribution < 1.29 is 0 Å². The summed E-state index contributed by atoms with van der Waals surface area (Å²) in [5.74, 6) is 0.977. The molecule has 0 aliphatic heterocycles. The summed E-state index contributed by atoms with van der Waals surface area (Å²) >= 11 is 0. The maximum absolute atomic E-state index is 4.88. The number of para-hydroxylation sites is 2. The summed E-state index contributed by atoms with van der Waals surface area (Å²) in [4.78, 5) is 4.88. The molecule has 0 bridgehead atoms. The van der Waals surface area contributed by atoms with Crippen LogP contribution < -0.4 is 0 Å². The number of hydrogen-bond donors (Lipinski definition) is 0. The lowest BCUT2D eigenvalue weighted by atomic mass is 9.89. The average Bonchev–Trinajstić information content (AvgIpc) is 3.32. The molecule has 0 unspecified atom stereocenters. The molecule has 0 N–H and O–H groups in total. The van der Waals surface area contributed by atoms with Gasteiger partial charge < -0.3 is 4.57 Å². The number of aromatic nitrogens is 2. The van der Waals surface area contributed by atoms with E-state index < -0.39 is 0 Å². The monoisotopic (exact) mass is 486 g/mol. The molecule has 180 valence electrons. The first-order valence-corrected chi connectivity index (χ1v) is 12.9. The van der Waals surface area contributed by atoms with Gasteiger partial charge in [-0.1, -0.05) is 110 Å². The normalized spacial score (nSPS) is 11.4. The minimum absolute atomic E-state index is 0.977. The molecule has 0 aliphatic carbocycles. The van der Waals surface area contributed by atoms with E-state index in [1.807, 2.05) is 6.07 Å². The Labute approximate surface area is 222 Å². The lowest BCUT2D eigenvalue weighted by molar-refractivity contribution is 0.960. The zero-order valence-corrected chi connectivity index (χ0v) is 21.2. The predicted molar refractivity (Wildman–Crippen MR) is 161 cm³/mol. The molecule has 2 nitrogen and oxygen atoms in total. The van der Waals surface area contributed by atoms with Gasteiger partial charge in [0.15, 0.2) is 0 Å². The Morgan fingerprint density at radius 3 is 2.26 bits per heavy atom. The van der Waals surface area contributed by atoms with E-state index in [1.54, 1.807) is 0 Å². The van der Waals surface area contributed by atoms with E-state index in [2.05, 4.69) is 140 Å². The molecule has 0 spiro atoms. The van der Waals surface area contributed by atoms with Crippen molar-refractivity contribution in [1.82, 2.24) is 9.55 Å². The molecule has 0 atom stereocenters. The Balaban J connectivity index is 1.29. The fourth-order valence-electron chi connectivity index (χ4n) is 5.57. The third-order valence-electron chi connectivity index (χ3n) is 7.57. The second-order valence-electron chi connectivity index (χ2n) is 9.81. The van der Waals surface area contributed by atoms with Gasteiger partial charge in [-0.3, -0.25) is 0 Å². The highest BCUT2D eigenvalue weighted by Crippen LogP contribution is 2.36. The van der Waals surface area contributed by atoms with Gasteiger partial charge in [-0.15, -0.1) is 0 Å². The van der Waals surface area contributed by atoms with Crippen LogP contribution in [0.2, 0.25) is 0 Å². The number of aryl methyl sites for hydroxylation is 1. The van der Waals surface area contributed by atoms with Gasteiger partial charge in [-0.25, -0.2) is 4.98 Å². The lowest BCUT2D eigenvalue weighted by Crippen LogP contribution is -1.93. The van der Waals surface area contributed by atoms with Crippen molar-refractivity contribution in [2.24, 2.45) is 7.05 Å². The van der Waals surface area contributed by atoms with Crippen LogP contribution in [0.3, 0.4) is 0 Å². The fraction of sp³-hybridized carbons (Fsp3) is 0.0278. The number of benzene rings is 6. The van der Waals surface area contributed by atoms with Crippen molar-refractivity contribution in [1.29, 1.82) is 0 Å². The summed E-state index contributed by atoms with van der Waals surface area (Å²) in [5.41, 5.74) is 9.00. The van der Waals surface area contributed by atoms with E-state index >= 15 is 0 Å². The van der Waals surface area contributed by atoms with Gasteiger partial charge in [0.2, 0.25) is 0 Å².